The number of amides is 1. The van der Waals surface area contributed by atoms with Crippen molar-refractivity contribution in [3.8, 4) is 0 Å². The van der Waals surface area contributed by atoms with Crippen LogP contribution in [0, 0.1) is 5.82 Å². The molecule has 132 valence electrons. The highest BCUT2D eigenvalue weighted by Gasteiger charge is 2.15. The average molecular weight is 429 g/mol. The summed E-state index contributed by atoms with van der Waals surface area (Å²) >= 11 is 3.13. The summed E-state index contributed by atoms with van der Waals surface area (Å²) in [6, 6.07) is 10.2. The third kappa shape index (κ3) is 5.46. The van der Waals surface area contributed by atoms with Gasteiger partial charge in [0.15, 0.2) is 0 Å². The zero-order valence-corrected chi connectivity index (χ0v) is 15.1. The van der Waals surface area contributed by atoms with Crippen molar-refractivity contribution in [2.24, 2.45) is 0 Å². The lowest BCUT2D eigenvalue weighted by molar-refractivity contribution is -0.124. The molecule has 6 nitrogen and oxygen atoms in total. The van der Waals surface area contributed by atoms with Crippen LogP contribution in [0.5, 0.6) is 0 Å². The number of carbonyl (C=O) groups excluding carboxylic acids is 1. The van der Waals surface area contributed by atoms with E-state index in [0.717, 1.165) is 6.08 Å². The molecule has 0 bridgehead atoms. The summed E-state index contributed by atoms with van der Waals surface area (Å²) < 4.78 is 41.3. The van der Waals surface area contributed by atoms with Crippen LogP contribution in [0.3, 0.4) is 0 Å². The molecule has 2 aromatic rings. The minimum absolute atomic E-state index is 0.0309. The largest absolute Gasteiger partial charge is 0.288 e. The second kappa shape index (κ2) is 8.34. The Labute approximate surface area is 152 Å². The molecule has 3 N–H and O–H groups in total. The first-order valence-corrected chi connectivity index (χ1v) is 9.25. The number of hydrogen-bond acceptors (Lipinski definition) is 4. The Hall–Kier alpha value is -2.07. The van der Waals surface area contributed by atoms with E-state index in [1.807, 2.05) is 0 Å². The molecule has 0 unspecified atom stereocenters. The van der Waals surface area contributed by atoms with Gasteiger partial charge in [0.25, 0.3) is 5.91 Å². The van der Waals surface area contributed by atoms with Gasteiger partial charge >= 0.3 is 0 Å². The number of hydroxylamine groups is 1. The average Bonchev–Trinajstić information content (AvgIpc) is 2.59. The molecule has 25 heavy (non-hydrogen) atoms. The first-order valence-electron chi connectivity index (χ1n) is 6.97. The Balaban J connectivity index is 2.16. The van der Waals surface area contributed by atoms with Gasteiger partial charge in [0.2, 0.25) is 10.0 Å². The van der Waals surface area contributed by atoms with E-state index in [1.54, 1.807) is 12.1 Å². The van der Waals surface area contributed by atoms with Gasteiger partial charge in [-0.1, -0.05) is 34.1 Å². The van der Waals surface area contributed by atoms with Crippen molar-refractivity contribution in [3.05, 3.63) is 70.0 Å². The molecule has 0 fully saturated rings. The fraction of sp³-hybridized carbons (Fsp3) is 0.0625. The Kier molecular flexibility index (Phi) is 6.43. The number of halogens is 2. The standard InChI is InChI=1S/C16H14BrFN2O4S/c17-13-6-5-12(15(18)9-13)10-19-25(23,24)14-3-1-2-11(8-14)4-7-16(21)20-22/h1-9,19,22H,10H2,(H,20,21)/b7-4+. The molecule has 1 amide bonds. The van der Waals surface area contributed by atoms with E-state index in [1.165, 1.54) is 41.9 Å². The second-order valence-corrected chi connectivity index (χ2v) is 7.62. The van der Waals surface area contributed by atoms with Crippen LogP contribution in [0.25, 0.3) is 6.08 Å². The predicted octanol–water partition coefficient (Wildman–Crippen LogP) is 2.59. The molecule has 0 aliphatic heterocycles. The van der Waals surface area contributed by atoms with Crippen LogP contribution in [0.15, 0.2) is 57.9 Å². The van der Waals surface area contributed by atoms with Crippen LogP contribution < -0.4 is 10.2 Å². The molecule has 2 aromatic carbocycles. The molecule has 0 heterocycles. The van der Waals surface area contributed by atoms with Crippen molar-refractivity contribution in [1.82, 2.24) is 10.2 Å². The Morgan fingerprint density at radius 2 is 2.00 bits per heavy atom. The first-order chi connectivity index (χ1) is 11.8. The monoisotopic (exact) mass is 428 g/mol. The number of benzene rings is 2. The summed E-state index contributed by atoms with van der Waals surface area (Å²) in [5, 5.41) is 8.42. The van der Waals surface area contributed by atoms with Gasteiger partial charge in [0.05, 0.1) is 4.90 Å². The van der Waals surface area contributed by atoms with E-state index >= 15 is 0 Å². The van der Waals surface area contributed by atoms with Crippen LogP contribution in [0.4, 0.5) is 4.39 Å². The van der Waals surface area contributed by atoms with Crippen LogP contribution >= 0.6 is 15.9 Å². The molecule has 2 rings (SSSR count). The summed E-state index contributed by atoms with van der Waals surface area (Å²) in [4.78, 5) is 10.9. The molecule has 0 spiro atoms. The molecule has 0 saturated heterocycles. The Morgan fingerprint density at radius 3 is 2.68 bits per heavy atom. The smallest absolute Gasteiger partial charge is 0.267 e. The normalized spacial score (nSPS) is 11.6. The van der Waals surface area contributed by atoms with Gasteiger partial charge in [-0.3, -0.25) is 10.0 Å². The molecule has 0 aliphatic rings. The molecular formula is C16H14BrFN2O4S. The van der Waals surface area contributed by atoms with Gasteiger partial charge < -0.3 is 0 Å². The minimum atomic E-state index is -3.86. The van der Waals surface area contributed by atoms with Gasteiger partial charge in [-0.05, 0) is 35.9 Å². The second-order valence-electron chi connectivity index (χ2n) is 4.94. The lowest BCUT2D eigenvalue weighted by Crippen LogP contribution is -2.23. The van der Waals surface area contributed by atoms with Gasteiger partial charge in [0.1, 0.15) is 5.82 Å². The zero-order chi connectivity index (χ0) is 18.4. The van der Waals surface area contributed by atoms with E-state index in [2.05, 4.69) is 20.7 Å². The lowest BCUT2D eigenvalue weighted by Gasteiger charge is -2.08. The van der Waals surface area contributed by atoms with Crippen LogP contribution in [-0.2, 0) is 21.4 Å². The highest BCUT2D eigenvalue weighted by atomic mass is 79.9. The maximum Gasteiger partial charge on any atom is 0.267 e. The summed E-state index contributed by atoms with van der Waals surface area (Å²) in [5.74, 6) is -1.26. The summed E-state index contributed by atoms with van der Waals surface area (Å²) in [6.45, 7) is -0.200. The van der Waals surface area contributed by atoms with Crippen molar-refractivity contribution in [3.63, 3.8) is 0 Å². The SMILES string of the molecule is O=C(/C=C/c1cccc(S(=O)(=O)NCc2ccc(Br)cc2F)c1)NO. The highest BCUT2D eigenvalue weighted by molar-refractivity contribution is 9.10. The van der Waals surface area contributed by atoms with Crippen LogP contribution in [-0.4, -0.2) is 19.5 Å². The molecule has 0 saturated carbocycles. The quantitative estimate of drug-likeness (QED) is 0.374. The van der Waals surface area contributed by atoms with Gasteiger partial charge in [-0.2, -0.15) is 0 Å². The van der Waals surface area contributed by atoms with E-state index in [0.29, 0.717) is 10.0 Å². The maximum atomic E-state index is 13.8. The van der Waals surface area contributed by atoms with E-state index < -0.39 is 21.7 Å². The third-order valence-corrected chi connectivity index (χ3v) is 5.07. The lowest BCUT2D eigenvalue weighted by atomic mass is 10.2. The molecule has 0 aromatic heterocycles. The van der Waals surface area contributed by atoms with Crippen LogP contribution in [0.2, 0.25) is 0 Å². The third-order valence-electron chi connectivity index (χ3n) is 3.17. The van der Waals surface area contributed by atoms with Gasteiger partial charge in [-0.25, -0.2) is 23.0 Å². The number of sulfonamides is 1. The van der Waals surface area contributed by atoms with Crippen molar-refractivity contribution >= 4 is 37.9 Å². The number of carbonyl (C=O) groups is 1. The van der Waals surface area contributed by atoms with Crippen molar-refractivity contribution in [1.29, 1.82) is 0 Å². The number of hydrogen-bond donors (Lipinski definition) is 3. The highest BCUT2D eigenvalue weighted by Crippen LogP contribution is 2.17. The molecule has 0 radical (unpaired) electrons. The Bertz CT molecular complexity index is 916. The summed E-state index contributed by atoms with van der Waals surface area (Å²) in [7, 11) is -3.86. The molecular weight excluding hydrogens is 415 g/mol. The van der Waals surface area contributed by atoms with Crippen LogP contribution in [0.1, 0.15) is 11.1 Å². The number of nitrogens with one attached hydrogen (secondary N) is 2. The molecule has 0 aliphatic carbocycles. The Morgan fingerprint density at radius 1 is 1.24 bits per heavy atom. The topological polar surface area (TPSA) is 95.5 Å². The van der Waals surface area contributed by atoms with E-state index in [9.17, 15) is 17.6 Å². The molecule has 0 atom stereocenters. The van der Waals surface area contributed by atoms with Crippen molar-refractivity contribution < 1.29 is 22.8 Å². The van der Waals surface area contributed by atoms with Crippen molar-refractivity contribution in [2.45, 2.75) is 11.4 Å². The maximum absolute atomic E-state index is 13.8. The minimum Gasteiger partial charge on any atom is -0.288 e. The fourth-order valence-corrected chi connectivity index (χ4v) is 3.31. The molecule has 9 heteroatoms. The summed E-state index contributed by atoms with van der Waals surface area (Å²) in [6.07, 6.45) is 2.40. The van der Waals surface area contributed by atoms with Gasteiger partial charge in [0, 0.05) is 22.7 Å². The zero-order valence-electron chi connectivity index (χ0n) is 12.7. The number of rotatable bonds is 6. The van der Waals surface area contributed by atoms with Crippen molar-refractivity contribution in [2.75, 3.05) is 0 Å². The van der Waals surface area contributed by atoms with E-state index in [4.69, 9.17) is 5.21 Å². The fourth-order valence-electron chi connectivity index (χ4n) is 1.92. The van der Waals surface area contributed by atoms with Gasteiger partial charge in [-0.15, -0.1) is 0 Å². The summed E-state index contributed by atoms with van der Waals surface area (Å²) in [5.41, 5.74) is 2.09. The first kappa shape index (κ1) is 19.3. The van der Waals surface area contributed by atoms with E-state index in [-0.39, 0.29) is 17.0 Å². The predicted molar refractivity (Wildman–Crippen MR) is 93.5 cm³/mol.